The zero-order chi connectivity index (χ0) is 16.9. The van der Waals surface area contributed by atoms with Gasteiger partial charge in [0, 0.05) is 6.08 Å². The number of benzene rings is 2. The number of ether oxygens (including phenoxy) is 2. The van der Waals surface area contributed by atoms with Crippen molar-refractivity contribution in [2.24, 2.45) is 0 Å². The minimum atomic E-state index is -0.220. The van der Waals surface area contributed by atoms with E-state index in [0.717, 1.165) is 11.3 Å². The normalized spacial score (nSPS) is 16.2. The van der Waals surface area contributed by atoms with Gasteiger partial charge in [-0.3, -0.25) is 4.79 Å². The van der Waals surface area contributed by atoms with Crippen molar-refractivity contribution in [2.75, 3.05) is 13.2 Å². The third kappa shape index (κ3) is 4.22. The second-order valence-electron chi connectivity index (χ2n) is 5.25. The lowest BCUT2D eigenvalue weighted by Gasteiger charge is -2.26. The quantitative estimate of drug-likeness (QED) is 0.836. The van der Waals surface area contributed by atoms with Crippen molar-refractivity contribution in [1.29, 1.82) is 0 Å². The maximum Gasteiger partial charge on any atom is 0.244 e. The van der Waals surface area contributed by atoms with Crippen LogP contribution in [0.2, 0.25) is 10.0 Å². The Morgan fingerprint density at radius 1 is 1.17 bits per heavy atom. The first-order chi connectivity index (χ1) is 11.6. The average molecular weight is 364 g/mol. The average Bonchev–Trinajstić information content (AvgIpc) is 2.60. The van der Waals surface area contributed by atoms with Crippen LogP contribution in [-0.4, -0.2) is 25.2 Å². The SMILES string of the molecule is O=C(/C=C/c1ccc(Cl)c(Cl)c1)NC[C@@H]1COc2ccccc2O1. The molecule has 0 aliphatic carbocycles. The van der Waals surface area contributed by atoms with Gasteiger partial charge >= 0.3 is 0 Å². The number of para-hydroxylation sites is 2. The molecule has 4 nitrogen and oxygen atoms in total. The van der Waals surface area contributed by atoms with Gasteiger partial charge in [0.2, 0.25) is 5.91 Å². The Bertz CT molecular complexity index is 777. The van der Waals surface area contributed by atoms with Crippen molar-refractivity contribution in [3.8, 4) is 11.5 Å². The smallest absolute Gasteiger partial charge is 0.244 e. The summed E-state index contributed by atoms with van der Waals surface area (Å²) in [6, 6.07) is 12.6. The lowest BCUT2D eigenvalue weighted by Crippen LogP contribution is -2.40. The molecule has 24 heavy (non-hydrogen) atoms. The second kappa shape index (κ2) is 7.60. The van der Waals surface area contributed by atoms with Gasteiger partial charge in [0.15, 0.2) is 11.5 Å². The van der Waals surface area contributed by atoms with Gasteiger partial charge in [-0.15, -0.1) is 0 Å². The molecular weight excluding hydrogens is 349 g/mol. The predicted octanol–water partition coefficient (Wildman–Crippen LogP) is 3.96. The number of halogens is 2. The maximum atomic E-state index is 11.9. The van der Waals surface area contributed by atoms with Crippen LogP contribution in [0.3, 0.4) is 0 Å². The van der Waals surface area contributed by atoms with Crippen LogP contribution < -0.4 is 14.8 Å². The van der Waals surface area contributed by atoms with E-state index in [9.17, 15) is 4.79 Å². The van der Waals surface area contributed by atoms with Gasteiger partial charge in [-0.2, -0.15) is 0 Å². The van der Waals surface area contributed by atoms with E-state index in [1.165, 1.54) is 6.08 Å². The van der Waals surface area contributed by atoms with E-state index in [4.69, 9.17) is 32.7 Å². The molecule has 1 N–H and O–H groups in total. The highest BCUT2D eigenvalue weighted by molar-refractivity contribution is 6.42. The van der Waals surface area contributed by atoms with Crippen LogP contribution in [0.25, 0.3) is 6.08 Å². The molecule has 1 aliphatic rings. The van der Waals surface area contributed by atoms with E-state index in [1.54, 1.807) is 24.3 Å². The fourth-order valence-electron chi connectivity index (χ4n) is 2.22. The Morgan fingerprint density at radius 2 is 1.96 bits per heavy atom. The first-order valence-corrected chi connectivity index (χ1v) is 8.17. The minimum Gasteiger partial charge on any atom is -0.486 e. The molecule has 2 aromatic carbocycles. The van der Waals surface area contributed by atoms with Crippen molar-refractivity contribution in [1.82, 2.24) is 5.32 Å². The van der Waals surface area contributed by atoms with Gasteiger partial charge in [0.1, 0.15) is 12.7 Å². The van der Waals surface area contributed by atoms with E-state index >= 15 is 0 Å². The summed E-state index contributed by atoms with van der Waals surface area (Å²) in [5, 5.41) is 3.72. The summed E-state index contributed by atoms with van der Waals surface area (Å²) in [7, 11) is 0. The number of carbonyl (C=O) groups is 1. The maximum absolute atomic E-state index is 11.9. The van der Waals surface area contributed by atoms with Gasteiger partial charge in [-0.25, -0.2) is 0 Å². The zero-order valence-electron chi connectivity index (χ0n) is 12.7. The largest absolute Gasteiger partial charge is 0.486 e. The molecule has 0 saturated carbocycles. The lowest BCUT2D eigenvalue weighted by atomic mass is 10.2. The van der Waals surface area contributed by atoms with Crippen molar-refractivity contribution < 1.29 is 14.3 Å². The monoisotopic (exact) mass is 363 g/mol. The molecule has 1 amide bonds. The summed E-state index contributed by atoms with van der Waals surface area (Å²) < 4.78 is 11.4. The number of hydrogen-bond donors (Lipinski definition) is 1. The van der Waals surface area contributed by atoms with Gasteiger partial charge in [0.05, 0.1) is 16.6 Å². The fourth-order valence-corrected chi connectivity index (χ4v) is 2.53. The molecular formula is C18H15Cl2NO3. The van der Waals surface area contributed by atoms with Crippen LogP contribution in [0, 0.1) is 0 Å². The zero-order valence-corrected chi connectivity index (χ0v) is 14.2. The fraction of sp³-hybridized carbons (Fsp3) is 0.167. The van der Waals surface area contributed by atoms with Crippen molar-refractivity contribution >= 4 is 35.2 Å². The third-order valence-electron chi connectivity index (χ3n) is 3.44. The topological polar surface area (TPSA) is 47.6 Å². The van der Waals surface area contributed by atoms with Crippen LogP contribution in [0.15, 0.2) is 48.5 Å². The third-order valence-corrected chi connectivity index (χ3v) is 4.18. The summed E-state index contributed by atoms with van der Waals surface area (Å²) in [4.78, 5) is 11.9. The molecule has 1 atom stereocenters. The van der Waals surface area contributed by atoms with E-state index in [-0.39, 0.29) is 12.0 Å². The predicted molar refractivity (Wildman–Crippen MR) is 94.9 cm³/mol. The minimum absolute atomic E-state index is 0.219. The molecule has 0 spiro atoms. The molecule has 1 heterocycles. The van der Waals surface area contributed by atoms with Crippen molar-refractivity contribution in [3.63, 3.8) is 0 Å². The number of fused-ring (bicyclic) bond motifs is 1. The first kappa shape index (κ1) is 16.7. The van der Waals surface area contributed by atoms with Gasteiger partial charge in [-0.1, -0.05) is 41.4 Å². The van der Waals surface area contributed by atoms with Crippen LogP contribution in [0.4, 0.5) is 0 Å². The molecule has 0 aromatic heterocycles. The molecule has 124 valence electrons. The Kier molecular flexibility index (Phi) is 5.28. The van der Waals surface area contributed by atoms with E-state index in [2.05, 4.69) is 5.32 Å². The van der Waals surface area contributed by atoms with E-state index < -0.39 is 0 Å². The highest BCUT2D eigenvalue weighted by atomic mass is 35.5. The Labute approximate surface area is 150 Å². The highest BCUT2D eigenvalue weighted by Gasteiger charge is 2.20. The van der Waals surface area contributed by atoms with Gasteiger partial charge in [-0.05, 0) is 35.9 Å². The van der Waals surface area contributed by atoms with Crippen molar-refractivity contribution in [2.45, 2.75) is 6.10 Å². The number of hydrogen-bond acceptors (Lipinski definition) is 3. The van der Waals surface area contributed by atoms with Crippen LogP contribution >= 0.6 is 23.2 Å². The number of carbonyl (C=O) groups excluding carboxylic acids is 1. The van der Waals surface area contributed by atoms with Crippen molar-refractivity contribution in [3.05, 3.63) is 64.1 Å². The first-order valence-electron chi connectivity index (χ1n) is 7.41. The van der Waals surface area contributed by atoms with Crippen LogP contribution in [0.1, 0.15) is 5.56 Å². The van der Waals surface area contributed by atoms with Gasteiger partial charge < -0.3 is 14.8 Å². The Morgan fingerprint density at radius 3 is 2.75 bits per heavy atom. The Hall–Kier alpha value is -2.17. The summed E-state index contributed by atoms with van der Waals surface area (Å²) in [6.45, 7) is 0.757. The molecule has 6 heteroatoms. The standard InChI is InChI=1S/C18H15Cl2NO3/c19-14-7-5-12(9-15(14)20)6-8-18(22)21-10-13-11-23-16-3-1-2-4-17(16)24-13/h1-9,13H,10-11H2,(H,21,22)/b8-6+/t13-/m1/s1. The molecule has 2 aromatic rings. The number of nitrogens with one attached hydrogen (secondary N) is 1. The Balaban J connectivity index is 1.51. The molecule has 0 bridgehead atoms. The number of rotatable bonds is 4. The molecule has 0 radical (unpaired) electrons. The van der Waals surface area contributed by atoms with Gasteiger partial charge in [0.25, 0.3) is 0 Å². The van der Waals surface area contributed by atoms with E-state index in [1.807, 2.05) is 24.3 Å². The molecule has 0 saturated heterocycles. The second-order valence-corrected chi connectivity index (χ2v) is 6.06. The van der Waals surface area contributed by atoms with E-state index in [0.29, 0.717) is 28.9 Å². The molecule has 3 rings (SSSR count). The summed E-state index contributed by atoms with van der Waals surface area (Å²) >= 11 is 11.8. The molecule has 0 unspecified atom stereocenters. The van der Waals surface area contributed by atoms with Crippen LogP contribution in [-0.2, 0) is 4.79 Å². The van der Waals surface area contributed by atoms with Crippen LogP contribution in [0.5, 0.6) is 11.5 Å². The summed E-state index contributed by atoms with van der Waals surface area (Å²) in [6.07, 6.45) is 2.89. The summed E-state index contributed by atoms with van der Waals surface area (Å²) in [5.41, 5.74) is 0.797. The molecule has 1 aliphatic heterocycles. The highest BCUT2D eigenvalue weighted by Crippen LogP contribution is 2.30. The number of amides is 1. The molecule has 0 fully saturated rings. The lowest BCUT2D eigenvalue weighted by molar-refractivity contribution is -0.116. The summed E-state index contributed by atoms with van der Waals surface area (Å²) in [5.74, 6) is 1.19.